The number of anilines is 2. The number of hydrogen-bond donors (Lipinski definition) is 6. The number of hydrogen-bond acceptors (Lipinski definition) is 18. The number of amides is 2. The van der Waals surface area contributed by atoms with Gasteiger partial charge in [0, 0.05) is 85.8 Å². The van der Waals surface area contributed by atoms with Gasteiger partial charge in [0.15, 0.2) is 23.2 Å². The number of phosphoric ester groups is 2. The number of fused-ring (bicyclic) bond motifs is 5. The minimum Gasteiger partial charge on any atom is -0.756 e. The molecule has 1 aliphatic carbocycles. The van der Waals surface area contributed by atoms with Crippen molar-refractivity contribution in [3.63, 3.8) is 0 Å². The van der Waals surface area contributed by atoms with E-state index in [0.717, 1.165) is 68.4 Å². The van der Waals surface area contributed by atoms with Crippen molar-refractivity contribution in [1.29, 1.82) is 0 Å². The molecule has 2 aromatic heterocycles. The average Bonchev–Trinajstić information content (AvgIpc) is 0.867. The van der Waals surface area contributed by atoms with Crippen LogP contribution in [0.15, 0.2) is 85.5 Å². The van der Waals surface area contributed by atoms with Gasteiger partial charge in [-0.05, 0) is 134 Å². The number of aromatic nitrogens is 4. The van der Waals surface area contributed by atoms with E-state index in [4.69, 9.17) is 13.8 Å². The minimum atomic E-state index is -5.88. The van der Waals surface area contributed by atoms with E-state index in [-0.39, 0.29) is 41.3 Å². The summed E-state index contributed by atoms with van der Waals surface area (Å²) in [5.41, 5.74) is 13.2. The summed E-state index contributed by atoms with van der Waals surface area (Å²) in [7, 11) is -15.3. The maximum absolute atomic E-state index is 14.8. The van der Waals surface area contributed by atoms with Crippen molar-refractivity contribution < 1.29 is 70.6 Å². The number of imidazole rings is 1. The smallest absolute Gasteiger partial charge is 0.487 e. The number of carbonyl (C=O) groups excluding carboxylic acids is 2. The summed E-state index contributed by atoms with van der Waals surface area (Å²) in [6.07, 6.45) is 3.95. The van der Waals surface area contributed by atoms with Gasteiger partial charge >= 0.3 is 15.6 Å². The number of aliphatic hydroxyl groups excluding tert-OH is 2. The topological polar surface area (TPSA) is 313 Å². The van der Waals surface area contributed by atoms with Crippen molar-refractivity contribution in [2.75, 3.05) is 63.2 Å². The number of ether oxygens (including phenoxy) is 1. The van der Waals surface area contributed by atoms with Crippen molar-refractivity contribution in [2.24, 2.45) is 0 Å². The molecule has 4 aliphatic heterocycles. The molecule has 4 unspecified atom stereocenters. The lowest BCUT2D eigenvalue weighted by Gasteiger charge is -2.48. The Balaban J connectivity index is 0.632. The quantitative estimate of drug-likeness (QED) is 0.0175. The number of nitrogens with one attached hydrogen (secondary N) is 2. The lowest BCUT2D eigenvalue weighted by molar-refractivity contribution is -0.218. The first kappa shape index (κ1) is 67.4. The van der Waals surface area contributed by atoms with Crippen LogP contribution in [0.25, 0.3) is 16.7 Å². The molecule has 6 heterocycles. The third kappa shape index (κ3) is 14.2. The number of carbonyl (C=O) groups is 2. The van der Waals surface area contributed by atoms with Crippen LogP contribution < -0.4 is 35.6 Å². The van der Waals surface area contributed by atoms with Crippen LogP contribution in [0.2, 0.25) is 0 Å². The van der Waals surface area contributed by atoms with Gasteiger partial charge in [-0.3, -0.25) is 23.2 Å². The number of rotatable bonds is 26. The predicted molar refractivity (Wildman–Crippen MR) is 344 cm³/mol. The number of aliphatic hydroxyl groups is 2. The van der Waals surface area contributed by atoms with E-state index in [0.29, 0.717) is 68.1 Å². The molecule has 27 heteroatoms. The summed E-state index contributed by atoms with van der Waals surface area (Å²) in [4.78, 5) is 77.9. The van der Waals surface area contributed by atoms with Crippen LogP contribution in [0.3, 0.4) is 0 Å². The number of nitrogens with zero attached hydrogens (tertiary/aromatic N) is 7. The van der Waals surface area contributed by atoms with Crippen LogP contribution >= 0.6 is 23.5 Å². The summed E-state index contributed by atoms with van der Waals surface area (Å²) < 4.78 is 65.3. The second-order valence-corrected chi connectivity index (χ2v) is 30.4. The highest BCUT2D eigenvalue weighted by Crippen LogP contribution is 2.66. The Morgan fingerprint density at radius 2 is 1.61 bits per heavy atom. The molecule has 4 aromatic carbocycles. The van der Waals surface area contributed by atoms with Gasteiger partial charge in [0.2, 0.25) is 11.3 Å². The number of aryl methyl sites for hydroxylation is 1. The van der Waals surface area contributed by atoms with Crippen LogP contribution in [0.1, 0.15) is 166 Å². The Bertz CT molecular complexity index is 4050. The average molecular weight is 1320 g/mol. The van der Waals surface area contributed by atoms with Crippen LogP contribution in [0, 0.1) is 0 Å². The fourth-order valence-corrected chi connectivity index (χ4v) is 18.0. The fraction of sp³-hybridized carbons (Fsp3) is 0.508. The van der Waals surface area contributed by atoms with Crippen molar-refractivity contribution in [1.82, 2.24) is 34.3 Å². The first-order valence-electron chi connectivity index (χ1n) is 31.8. The van der Waals surface area contributed by atoms with E-state index >= 15 is 0 Å². The van der Waals surface area contributed by atoms with E-state index in [2.05, 4.69) is 109 Å². The van der Waals surface area contributed by atoms with E-state index in [1.54, 1.807) is 11.9 Å². The number of benzene rings is 4. The Kier molecular flexibility index (Phi) is 20.0. The second kappa shape index (κ2) is 27.3. The highest BCUT2D eigenvalue weighted by Gasteiger charge is 2.48. The Labute approximate surface area is 535 Å². The fourth-order valence-electron chi connectivity index (χ4n) is 14.5. The molecule has 5 aliphatic rings. The number of phosphoric acid groups is 3. The van der Waals surface area contributed by atoms with Gasteiger partial charge in [0.1, 0.15) is 37.7 Å². The zero-order valence-electron chi connectivity index (χ0n) is 53.2. The van der Waals surface area contributed by atoms with Crippen molar-refractivity contribution in [2.45, 2.75) is 160 Å². The first-order valence-corrected chi connectivity index (χ1v) is 36.3. The van der Waals surface area contributed by atoms with E-state index < -0.39 is 61.2 Å². The lowest BCUT2D eigenvalue weighted by atomic mass is 9.64. The first-order chi connectivity index (χ1) is 43.8. The van der Waals surface area contributed by atoms with Gasteiger partial charge in [-0.25, -0.2) is 33.0 Å². The van der Waals surface area contributed by atoms with Gasteiger partial charge in [0.25, 0.3) is 13.7 Å². The normalized spacial score (nSPS) is 22.3. The predicted octanol–water partition coefficient (Wildman–Crippen LogP) is 7.40. The van der Waals surface area contributed by atoms with Crippen LogP contribution in [-0.2, 0) is 65.7 Å². The molecule has 1 fully saturated rings. The summed E-state index contributed by atoms with van der Waals surface area (Å²) in [6.45, 7) is 16.8. The van der Waals surface area contributed by atoms with Gasteiger partial charge in [-0.1, -0.05) is 82.1 Å². The SMILES string of the molecule is CCN1c2cc3c(cc2C(C)CC1(C)C)C(c1ccccc1C(=O)N(C)CCCC(=O)NCCCCCCOP(=O)([O-])OP(=O)(O)OP(=O)(O)OC[C@H]1O[C@@H](n2cnc4c(NCc5ccccc5)ncnc42)[C@H](O)[C@@H]1O)=c1cc2c4c(c1C3(C)C)CCC[N+]=4CCC2. The number of unbranched alkanes of at least 4 members (excludes halogenated alkanes) is 3. The maximum Gasteiger partial charge on any atom is 0.487 e. The van der Waals surface area contributed by atoms with Crippen LogP contribution in [0.4, 0.5) is 11.5 Å². The molecule has 0 saturated carbocycles. The monoisotopic (exact) mass is 1320 g/mol. The summed E-state index contributed by atoms with van der Waals surface area (Å²) in [6, 6.07) is 24.9. The highest BCUT2D eigenvalue weighted by atomic mass is 31.3. The zero-order chi connectivity index (χ0) is 65.5. The summed E-state index contributed by atoms with van der Waals surface area (Å²) >= 11 is 0. The van der Waals surface area contributed by atoms with Gasteiger partial charge in [-0.15, -0.1) is 0 Å². The molecule has 92 heavy (non-hydrogen) atoms. The molecule has 2 amide bonds. The summed E-state index contributed by atoms with van der Waals surface area (Å²) in [5.74, 6) is 0.412. The third-order valence-corrected chi connectivity index (χ3v) is 22.9. The minimum absolute atomic E-state index is 0.00470. The molecule has 11 rings (SSSR count). The zero-order valence-corrected chi connectivity index (χ0v) is 55.8. The second-order valence-electron chi connectivity index (χ2n) is 25.8. The van der Waals surface area contributed by atoms with Crippen molar-refractivity contribution in [3.8, 4) is 0 Å². The van der Waals surface area contributed by atoms with Gasteiger partial charge in [0.05, 0.1) is 19.5 Å². The largest absolute Gasteiger partial charge is 0.756 e. The van der Waals surface area contributed by atoms with Gasteiger partial charge < -0.3 is 54.6 Å². The van der Waals surface area contributed by atoms with Crippen molar-refractivity contribution >= 4 is 63.5 Å². The Hall–Kier alpha value is -6.07. The van der Waals surface area contributed by atoms with E-state index in [1.807, 2.05) is 48.5 Å². The Morgan fingerprint density at radius 3 is 2.38 bits per heavy atom. The van der Waals surface area contributed by atoms with E-state index in [9.17, 15) is 48.2 Å². The molecule has 24 nitrogen and oxygen atoms in total. The molecular formula is C65H84N9O15P3. The molecule has 6 aromatic rings. The van der Waals surface area contributed by atoms with Crippen molar-refractivity contribution in [3.05, 3.63) is 146 Å². The molecular weight excluding hydrogens is 1240 g/mol. The molecule has 0 spiro atoms. The summed E-state index contributed by atoms with van der Waals surface area (Å²) in [5, 5.41) is 30.4. The third-order valence-electron chi connectivity index (χ3n) is 18.6. The highest BCUT2D eigenvalue weighted by molar-refractivity contribution is 7.66. The lowest BCUT2D eigenvalue weighted by Crippen LogP contribution is -2.50. The van der Waals surface area contributed by atoms with Gasteiger partial charge in [-0.2, -0.15) is 4.31 Å². The molecule has 0 radical (unpaired) electrons. The van der Waals surface area contributed by atoms with E-state index in [1.165, 1.54) is 66.9 Å². The molecule has 494 valence electrons. The Morgan fingerprint density at radius 1 is 0.870 bits per heavy atom. The van der Waals surface area contributed by atoms with Crippen LogP contribution in [-0.4, -0.2) is 133 Å². The molecule has 8 atom stereocenters. The molecule has 0 bridgehead atoms. The van der Waals surface area contributed by atoms with Crippen LogP contribution in [0.5, 0.6) is 0 Å². The molecule has 1 saturated heterocycles. The standard InChI is InChI=1S/C65H84N9O15P3/c1-8-74-51-35-50-48(34-47(51)41(2)36-64(74,3)4)54(49-33-43-23-18-30-72-31-19-26-46(57(43)72)55(49)65(50,5)6)44-24-14-15-25-45(44)62(78)71(7)29-20-27-53(75)66-28-16-9-10-17-32-85-90(79,80)88-92(83,84)89-91(81,82)86-38-52-58(76)59(77)63(87-52)73-40-70-56-60(68-39-69-61(56)73)67-37-42-21-12-11-13-22-42/h11-15,21-22,24-25,33-35,39-41,52,58-59,63,76-77H,8-10,16-20,23,26-32,36-38H2,1-7H3,(H4-,66,67,68,69,75,79,80,81,82,83,84)/t41?,52-,58-,59-,63-/m1/s1. The maximum atomic E-state index is 14.8. The molecule has 6 N–H and O–H groups in total.